The highest BCUT2D eigenvalue weighted by atomic mass is 16.7. The Morgan fingerprint density at radius 3 is 1.53 bits per heavy atom. The molecule has 0 spiro atoms. The molecule has 0 radical (unpaired) electrons. The summed E-state index contributed by atoms with van der Waals surface area (Å²) in [5, 5.41) is 73.3. The van der Waals surface area contributed by atoms with Gasteiger partial charge >= 0.3 is 0 Å². The van der Waals surface area contributed by atoms with Crippen LogP contribution < -0.4 is 26.6 Å². The summed E-state index contributed by atoms with van der Waals surface area (Å²) in [4.78, 5) is 48.1. The van der Waals surface area contributed by atoms with Gasteiger partial charge in [-0.25, -0.2) is 0 Å². The Morgan fingerprint density at radius 1 is 0.673 bits per heavy atom. The molecule has 2 aliphatic heterocycles. The molecule has 0 aromatic carbocycles. The first-order valence-electron chi connectivity index (χ1n) is 16.6. The second-order valence-corrected chi connectivity index (χ2v) is 12.1. The van der Waals surface area contributed by atoms with Gasteiger partial charge < -0.3 is 76.2 Å². The number of amides is 4. The van der Waals surface area contributed by atoms with Gasteiger partial charge in [-0.05, 0) is 32.7 Å². The minimum absolute atomic E-state index is 0.119. The quantitative estimate of drug-likeness (QED) is 0.0498. The van der Waals surface area contributed by atoms with Crippen molar-refractivity contribution in [2.45, 2.75) is 120 Å². The molecular weight excluding hydrogens is 654 g/mol. The summed E-state index contributed by atoms with van der Waals surface area (Å²) in [6.07, 6.45) is -7.94. The number of carbonyl (C=O) groups is 4. The van der Waals surface area contributed by atoms with Crippen molar-refractivity contribution in [3.63, 3.8) is 0 Å². The molecule has 49 heavy (non-hydrogen) atoms. The second-order valence-electron chi connectivity index (χ2n) is 12.1. The van der Waals surface area contributed by atoms with Gasteiger partial charge in [-0.15, -0.1) is 0 Å². The molecule has 19 nitrogen and oxygen atoms in total. The normalized spacial score (nSPS) is 30.6. The minimum Gasteiger partial charge on any atom is -0.394 e. The van der Waals surface area contributed by atoms with Gasteiger partial charge in [0.2, 0.25) is 23.6 Å². The molecule has 0 aromatic rings. The lowest BCUT2D eigenvalue weighted by Crippen LogP contribution is -2.64. The van der Waals surface area contributed by atoms with E-state index in [-0.39, 0.29) is 50.5 Å². The van der Waals surface area contributed by atoms with E-state index < -0.39 is 86.3 Å². The molecule has 2 rings (SSSR count). The van der Waals surface area contributed by atoms with Crippen molar-refractivity contribution in [3.05, 3.63) is 0 Å². The highest BCUT2D eigenvalue weighted by Crippen LogP contribution is 2.24. The van der Waals surface area contributed by atoms with E-state index in [2.05, 4.69) is 26.6 Å². The minimum atomic E-state index is -1.41. The Kier molecular flexibility index (Phi) is 19.4. The number of likely N-dealkylation sites (N-methyl/N-ethyl adjacent to an activating group) is 1. The van der Waals surface area contributed by atoms with Gasteiger partial charge in [0.15, 0.2) is 12.6 Å². The van der Waals surface area contributed by atoms with Crippen molar-refractivity contribution in [1.82, 2.24) is 26.6 Å². The predicted molar refractivity (Wildman–Crippen MR) is 169 cm³/mol. The third kappa shape index (κ3) is 14.3. The lowest BCUT2D eigenvalue weighted by Gasteiger charge is -2.42. The number of carbonyl (C=O) groups excluding carboxylic acids is 4. The number of hydrogen-bond acceptors (Lipinski definition) is 15. The molecule has 2 heterocycles. The van der Waals surface area contributed by atoms with E-state index in [0.29, 0.717) is 32.2 Å². The fourth-order valence-corrected chi connectivity index (χ4v) is 5.45. The zero-order valence-corrected chi connectivity index (χ0v) is 28.3. The first-order valence-corrected chi connectivity index (χ1v) is 16.6. The summed E-state index contributed by atoms with van der Waals surface area (Å²) in [5.74, 6) is -1.39. The van der Waals surface area contributed by atoms with Crippen LogP contribution in [0.3, 0.4) is 0 Å². The van der Waals surface area contributed by atoms with Crippen molar-refractivity contribution in [3.8, 4) is 0 Å². The van der Waals surface area contributed by atoms with Crippen molar-refractivity contribution in [2.24, 2.45) is 0 Å². The van der Waals surface area contributed by atoms with Crippen LogP contribution in [0, 0.1) is 0 Å². The molecule has 2 aliphatic rings. The molecule has 11 N–H and O–H groups in total. The molecule has 11 atom stereocenters. The number of unbranched alkanes of at least 4 members (excludes halogenated alkanes) is 2. The maximum atomic E-state index is 12.6. The Balaban J connectivity index is 1.67. The Hall–Kier alpha value is -2.56. The van der Waals surface area contributed by atoms with Crippen LogP contribution in [0.25, 0.3) is 0 Å². The molecule has 19 heteroatoms. The zero-order chi connectivity index (χ0) is 36.5. The number of hydrogen-bond donors (Lipinski definition) is 11. The average molecular weight is 710 g/mol. The van der Waals surface area contributed by atoms with Gasteiger partial charge in [-0.2, -0.15) is 0 Å². The first kappa shape index (κ1) is 42.6. The van der Waals surface area contributed by atoms with E-state index in [0.717, 1.165) is 0 Å². The maximum Gasteiger partial charge on any atom is 0.220 e. The SMILES string of the molecule is CNCC(CNC(=O)CCCCO[C@@H]1OC(CO)[C@H](O)C(O)C1NC(C)=O)NC(=O)CCCCO[C@@H]1OC(CO)[C@H](O)C(O)C1NC(C)=O. The Bertz CT molecular complexity index is 1030. The number of aliphatic hydroxyl groups excluding tert-OH is 6. The highest BCUT2D eigenvalue weighted by molar-refractivity contribution is 5.77. The summed E-state index contributed by atoms with van der Waals surface area (Å²) in [6.45, 7) is 2.21. The van der Waals surface area contributed by atoms with E-state index >= 15 is 0 Å². The zero-order valence-electron chi connectivity index (χ0n) is 28.3. The van der Waals surface area contributed by atoms with Gasteiger partial charge in [0, 0.05) is 53.0 Å². The van der Waals surface area contributed by atoms with Gasteiger partial charge in [-0.3, -0.25) is 19.2 Å². The van der Waals surface area contributed by atoms with E-state index in [1.807, 2.05) is 0 Å². The van der Waals surface area contributed by atoms with Crippen LogP contribution in [0.5, 0.6) is 0 Å². The topological polar surface area (TPSA) is 287 Å². The van der Waals surface area contributed by atoms with Crippen LogP contribution in [0.2, 0.25) is 0 Å². The van der Waals surface area contributed by atoms with Crippen molar-refractivity contribution < 1.29 is 68.8 Å². The van der Waals surface area contributed by atoms with Crippen LogP contribution >= 0.6 is 0 Å². The smallest absolute Gasteiger partial charge is 0.220 e. The summed E-state index contributed by atoms with van der Waals surface area (Å²) >= 11 is 0. The highest BCUT2D eigenvalue weighted by Gasteiger charge is 2.46. The van der Waals surface area contributed by atoms with Gasteiger partial charge in [0.05, 0.1) is 19.3 Å². The molecule has 0 bridgehead atoms. The van der Waals surface area contributed by atoms with E-state index in [4.69, 9.17) is 18.9 Å². The van der Waals surface area contributed by atoms with Crippen LogP contribution in [-0.4, -0.2) is 168 Å². The first-order chi connectivity index (χ1) is 23.3. The lowest BCUT2D eigenvalue weighted by atomic mass is 9.97. The van der Waals surface area contributed by atoms with Gasteiger partial charge in [0.25, 0.3) is 0 Å². The maximum absolute atomic E-state index is 12.6. The summed E-state index contributed by atoms with van der Waals surface area (Å²) in [6, 6.07) is -2.47. The molecule has 4 amide bonds. The van der Waals surface area contributed by atoms with Crippen molar-refractivity contribution in [1.29, 1.82) is 0 Å². The average Bonchev–Trinajstić information content (AvgIpc) is 3.05. The fourth-order valence-electron chi connectivity index (χ4n) is 5.45. The Morgan fingerprint density at radius 2 is 1.12 bits per heavy atom. The summed E-state index contributed by atoms with van der Waals surface area (Å²) < 4.78 is 22.3. The number of nitrogens with one attached hydrogen (secondary N) is 5. The van der Waals surface area contributed by atoms with Gasteiger partial charge in [-0.1, -0.05) is 0 Å². The van der Waals surface area contributed by atoms with Crippen molar-refractivity contribution >= 4 is 23.6 Å². The number of aliphatic hydroxyl groups is 6. The molecule has 7 unspecified atom stereocenters. The van der Waals surface area contributed by atoms with Crippen LogP contribution in [0.4, 0.5) is 0 Å². The Labute approximate surface area is 285 Å². The summed E-state index contributed by atoms with van der Waals surface area (Å²) in [5.41, 5.74) is 0. The molecule has 0 saturated carbocycles. The fraction of sp³-hybridized carbons (Fsp3) is 0.867. The van der Waals surface area contributed by atoms with E-state index in [1.165, 1.54) is 13.8 Å². The van der Waals surface area contributed by atoms with E-state index in [9.17, 15) is 49.8 Å². The lowest BCUT2D eigenvalue weighted by molar-refractivity contribution is -0.270. The number of ether oxygens (including phenoxy) is 4. The molecule has 284 valence electrons. The molecule has 2 fully saturated rings. The van der Waals surface area contributed by atoms with Crippen LogP contribution in [-0.2, 0) is 38.1 Å². The standard InChI is InChI=1S/C30H55N5O14/c1-16(38)33-23-27(44)25(42)19(14-36)48-29(23)46-10-6-4-8-21(40)32-13-18(12-31-3)35-22(41)9-5-7-11-47-30-24(34-17(2)39)28(45)26(43)20(15-37)49-30/h18-20,23-31,36-37,42-45H,4-15H2,1-3H3,(H,32,40)(H,33,38)(H,34,39)(H,35,41)/t18?,19?,20?,23?,24?,25-,26-,27?,28?,29+,30+/m0/s1. The monoisotopic (exact) mass is 709 g/mol. The van der Waals surface area contributed by atoms with Gasteiger partial charge in [0.1, 0.15) is 48.7 Å². The van der Waals surface area contributed by atoms with Crippen LogP contribution in [0.15, 0.2) is 0 Å². The molecular formula is C30H55N5O14. The predicted octanol–water partition coefficient (Wildman–Crippen LogP) is -4.93. The second kappa shape index (κ2) is 22.3. The van der Waals surface area contributed by atoms with Crippen LogP contribution in [0.1, 0.15) is 52.4 Å². The largest absolute Gasteiger partial charge is 0.394 e. The third-order valence-electron chi connectivity index (χ3n) is 8.02. The van der Waals surface area contributed by atoms with E-state index in [1.54, 1.807) is 7.05 Å². The van der Waals surface area contributed by atoms with Crippen molar-refractivity contribution in [2.75, 3.05) is 46.6 Å². The third-order valence-corrected chi connectivity index (χ3v) is 8.02. The molecule has 0 aromatic heterocycles. The molecule has 2 saturated heterocycles. The number of rotatable bonds is 21. The molecule has 0 aliphatic carbocycles. The summed E-state index contributed by atoms with van der Waals surface area (Å²) in [7, 11) is 1.71.